The van der Waals surface area contributed by atoms with E-state index in [9.17, 15) is 18.0 Å². The fraction of sp³-hybridized carbons (Fsp3) is 0.900. The minimum Gasteiger partial charge on any atom is -0.332 e. The van der Waals surface area contributed by atoms with Crippen LogP contribution in [-0.4, -0.2) is 29.6 Å². The molecule has 0 aromatic carbocycles. The highest BCUT2D eigenvalue weighted by Crippen LogP contribution is 2.25. The monoisotopic (exact) mass is 223 g/mol. The molecule has 5 heteroatoms. The van der Waals surface area contributed by atoms with E-state index in [4.69, 9.17) is 0 Å². The molecule has 0 aromatic heterocycles. The van der Waals surface area contributed by atoms with Crippen LogP contribution in [0.25, 0.3) is 0 Å². The van der Waals surface area contributed by atoms with E-state index in [-0.39, 0.29) is 12.6 Å². The minimum atomic E-state index is -4.72. The Balaban J connectivity index is 2.74. The SMILES string of the molecule is CCC1CCCCCN1C(=O)C(F)(F)F. The van der Waals surface area contributed by atoms with Gasteiger partial charge in [-0.15, -0.1) is 0 Å². The van der Waals surface area contributed by atoms with Crippen LogP contribution in [-0.2, 0) is 4.79 Å². The first-order valence-corrected chi connectivity index (χ1v) is 5.34. The fourth-order valence-electron chi connectivity index (χ4n) is 2.03. The van der Waals surface area contributed by atoms with E-state index in [1.165, 1.54) is 0 Å². The summed E-state index contributed by atoms with van der Waals surface area (Å²) in [7, 11) is 0. The molecule has 1 aliphatic rings. The molecule has 1 unspecified atom stereocenters. The van der Waals surface area contributed by atoms with Gasteiger partial charge in [-0.1, -0.05) is 19.8 Å². The van der Waals surface area contributed by atoms with Crippen LogP contribution in [0.2, 0.25) is 0 Å². The molecule has 0 saturated carbocycles. The molecule has 1 saturated heterocycles. The number of halogens is 3. The van der Waals surface area contributed by atoms with Gasteiger partial charge in [0, 0.05) is 12.6 Å². The van der Waals surface area contributed by atoms with Gasteiger partial charge < -0.3 is 4.90 Å². The second kappa shape index (κ2) is 4.86. The lowest BCUT2D eigenvalue weighted by atomic mass is 10.1. The molecule has 1 rings (SSSR count). The van der Waals surface area contributed by atoms with Gasteiger partial charge in [0.25, 0.3) is 0 Å². The normalized spacial score (nSPS) is 23.7. The second-order valence-corrected chi connectivity index (χ2v) is 3.91. The van der Waals surface area contributed by atoms with Crippen LogP contribution in [0.5, 0.6) is 0 Å². The molecule has 0 N–H and O–H groups in total. The molecule has 1 fully saturated rings. The Kier molecular flexibility index (Phi) is 3.99. The van der Waals surface area contributed by atoms with E-state index in [0.29, 0.717) is 19.3 Å². The minimum absolute atomic E-state index is 0.235. The van der Waals surface area contributed by atoms with Crippen molar-refractivity contribution in [1.29, 1.82) is 0 Å². The van der Waals surface area contributed by atoms with Crippen LogP contribution in [0, 0.1) is 0 Å². The number of carbonyl (C=O) groups excluding carboxylic acids is 1. The molecule has 1 aliphatic heterocycles. The summed E-state index contributed by atoms with van der Waals surface area (Å²) in [4.78, 5) is 12.1. The maximum absolute atomic E-state index is 12.3. The van der Waals surface area contributed by atoms with Crippen molar-refractivity contribution in [3.8, 4) is 0 Å². The Morgan fingerprint density at radius 1 is 1.33 bits per heavy atom. The molecule has 0 aliphatic carbocycles. The summed E-state index contributed by atoms with van der Waals surface area (Å²) in [5.41, 5.74) is 0. The van der Waals surface area contributed by atoms with Crippen molar-refractivity contribution in [2.75, 3.05) is 6.54 Å². The second-order valence-electron chi connectivity index (χ2n) is 3.91. The molecular formula is C10H16F3NO. The average molecular weight is 223 g/mol. The number of carbonyl (C=O) groups is 1. The number of amides is 1. The Labute approximate surface area is 87.4 Å². The van der Waals surface area contributed by atoms with Gasteiger partial charge in [-0.3, -0.25) is 4.79 Å². The number of hydrogen-bond donors (Lipinski definition) is 0. The highest BCUT2D eigenvalue weighted by Gasteiger charge is 2.44. The Morgan fingerprint density at radius 3 is 2.53 bits per heavy atom. The Hall–Kier alpha value is -0.740. The largest absolute Gasteiger partial charge is 0.471 e. The Bertz CT molecular complexity index is 227. The third kappa shape index (κ3) is 3.11. The van der Waals surface area contributed by atoms with Gasteiger partial charge in [-0.2, -0.15) is 13.2 Å². The molecule has 0 bridgehead atoms. The van der Waals surface area contributed by atoms with Crippen LogP contribution in [0.1, 0.15) is 39.0 Å². The van der Waals surface area contributed by atoms with Crippen LogP contribution in [0.4, 0.5) is 13.2 Å². The van der Waals surface area contributed by atoms with E-state index in [1.807, 2.05) is 6.92 Å². The quantitative estimate of drug-likeness (QED) is 0.669. The van der Waals surface area contributed by atoms with E-state index >= 15 is 0 Å². The Morgan fingerprint density at radius 2 is 2.00 bits per heavy atom. The number of likely N-dealkylation sites (tertiary alicyclic amines) is 1. The summed E-state index contributed by atoms with van der Waals surface area (Å²) in [6.07, 6.45) is -0.922. The van der Waals surface area contributed by atoms with Crippen molar-refractivity contribution >= 4 is 5.91 Å². The van der Waals surface area contributed by atoms with Crippen molar-refractivity contribution in [3.63, 3.8) is 0 Å². The number of nitrogens with zero attached hydrogens (tertiary/aromatic N) is 1. The molecule has 2 nitrogen and oxygen atoms in total. The van der Waals surface area contributed by atoms with Crippen LogP contribution >= 0.6 is 0 Å². The molecule has 0 spiro atoms. The van der Waals surface area contributed by atoms with Gasteiger partial charge in [-0.05, 0) is 19.3 Å². The van der Waals surface area contributed by atoms with Crippen molar-refractivity contribution in [1.82, 2.24) is 4.90 Å². The summed E-state index contributed by atoms with van der Waals surface area (Å²) in [6, 6.07) is -0.235. The first-order chi connectivity index (χ1) is 6.96. The number of alkyl halides is 3. The lowest BCUT2D eigenvalue weighted by Gasteiger charge is -2.29. The topological polar surface area (TPSA) is 20.3 Å². The van der Waals surface area contributed by atoms with E-state index in [2.05, 4.69) is 0 Å². The molecule has 0 aromatic rings. The predicted molar refractivity (Wildman–Crippen MR) is 50.3 cm³/mol. The highest BCUT2D eigenvalue weighted by molar-refractivity contribution is 5.82. The molecule has 15 heavy (non-hydrogen) atoms. The molecule has 1 atom stereocenters. The lowest BCUT2D eigenvalue weighted by Crippen LogP contribution is -2.46. The molecular weight excluding hydrogens is 207 g/mol. The van der Waals surface area contributed by atoms with E-state index < -0.39 is 12.1 Å². The van der Waals surface area contributed by atoms with Crippen LogP contribution in [0.3, 0.4) is 0 Å². The lowest BCUT2D eigenvalue weighted by molar-refractivity contribution is -0.187. The standard InChI is InChI=1S/C10H16F3NO/c1-2-8-6-4-3-5-7-14(8)9(15)10(11,12)13/h8H,2-7H2,1H3. The van der Waals surface area contributed by atoms with Crippen LogP contribution in [0.15, 0.2) is 0 Å². The summed E-state index contributed by atoms with van der Waals surface area (Å²) in [5.74, 6) is -1.67. The predicted octanol–water partition coefficient (Wildman–Crippen LogP) is 2.73. The van der Waals surface area contributed by atoms with Crippen molar-refractivity contribution in [2.45, 2.75) is 51.2 Å². The smallest absolute Gasteiger partial charge is 0.332 e. The van der Waals surface area contributed by atoms with E-state index in [0.717, 1.165) is 17.7 Å². The van der Waals surface area contributed by atoms with Gasteiger partial charge in [0.1, 0.15) is 0 Å². The van der Waals surface area contributed by atoms with E-state index in [1.54, 1.807) is 0 Å². The third-order valence-electron chi connectivity index (χ3n) is 2.85. The highest BCUT2D eigenvalue weighted by atomic mass is 19.4. The summed E-state index contributed by atoms with van der Waals surface area (Å²) in [6.45, 7) is 2.07. The van der Waals surface area contributed by atoms with Crippen molar-refractivity contribution < 1.29 is 18.0 Å². The molecule has 1 heterocycles. The number of hydrogen-bond acceptors (Lipinski definition) is 1. The van der Waals surface area contributed by atoms with Gasteiger partial charge in [0.05, 0.1) is 0 Å². The zero-order chi connectivity index (χ0) is 11.5. The van der Waals surface area contributed by atoms with Gasteiger partial charge >= 0.3 is 12.1 Å². The zero-order valence-corrected chi connectivity index (χ0v) is 8.81. The van der Waals surface area contributed by atoms with Gasteiger partial charge in [-0.25, -0.2) is 0 Å². The number of rotatable bonds is 1. The summed E-state index contributed by atoms with van der Waals surface area (Å²) >= 11 is 0. The summed E-state index contributed by atoms with van der Waals surface area (Å²) < 4.78 is 36.9. The molecule has 1 amide bonds. The maximum atomic E-state index is 12.3. The van der Waals surface area contributed by atoms with Gasteiger partial charge in [0.2, 0.25) is 0 Å². The van der Waals surface area contributed by atoms with Gasteiger partial charge in [0.15, 0.2) is 0 Å². The summed E-state index contributed by atoms with van der Waals surface area (Å²) in [5, 5.41) is 0. The molecule has 0 radical (unpaired) electrons. The third-order valence-corrected chi connectivity index (χ3v) is 2.85. The first-order valence-electron chi connectivity index (χ1n) is 5.34. The fourth-order valence-corrected chi connectivity index (χ4v) is 2.03. The zero-order valence-electron chi connectivity index (χ0n) is 8.81. The van der Waals surface area contributed by atoms with Crippen LogP contribution < -0.4 is 0 Å². The molecule has 88 valence electrons. The first kappa shape index (κ1) is 12.3. The maximum Gasteiger partial charge on any atom is 0.471 e. The average Bonchev–Trinajstić information content (AvgIpc) is 2.39. The van der Waals surface area contributed by atoms with Crippen molar-refractivity contribution in [2.24, 2.45) is 0 Å². The van der Waals surface area contributed by atoms with Crippen molar-refractivity contribution in [3.05, 3.63) is 0 Å².